The van der Waals surface area contributed by atoms with Crippen molar-refractivity contribution >= 4 is 70.3 Å². The molecule has 0 saturated carbocycles. The third kappa shape index (κ3) is 84.7. The van der Waals surface area contributed by atoms with Gasteiger partial charge in [0.25, 0.3) is 0 Å². The van der Waals surface area contributed by atoms with E-state index in [1.807, 2.05) is 27.7 Å². The predicted molar refractivity (Wildman–Crippen MR) is 440 cm³/mol. The van der Waals surface area contributed by atoms with Crippen LogP contribution in [0.3, 0.4) is 0 Å². The van der Waals surface area contributed by atoms with Gasteiger partial charge in [0.15, 0.2) is 23.1 Å². The normalized spacial score (nSPS) is 11.8. The number of hydrogen-bond acceptors (Lipinski definition) is 23. The number of carbonyl (C=O) groups is 12. The summed E-state index contributed by atoms with van der Waals surface area (Å²) in [4.78, 5) is 141. The molecule has 0 heterocycles. The first-order valence-corrected chi connectivity index (χ1v) is 43.7. The van der Waals surface area contributed by atoms with Gasteiger partial charge in [-0.3, -0.25) is 57.5 Å². The largest absolute Gasteiger partial charge is 0.481 e. The summed E-state index contributed by atoms with van der Waals surface area (Å²) in [5, 5.41) is 35.1. The Kier molecular flexibility index (Phi) is 82.2. The maximum absolute atomic E-state index is 12.5. The Hall–Kier alpha value is -5.60. The molecule has 29 heteroatoms. The fourth-order valence-corrected chi connectivity index (χ4v) is 11.7. The molecule has 3 amide bonds. The van der Waals surface area contributed by atoms with Crippen LogP contribution >= 0.6 is 0 Å². The monoisotopic (exact) mass is 1650 g/mol. The van der Waals surface area contributed by atoms with Gasteiger partial charge in [0.1, 0.15) is 44.6 Å². The molecule has 0 bridgehead atoms. The van der Waals surface area contributed by atoms with Gasteiger partial charge in [-0.1, -0.05) is 195 Å². The molecule has 0 aromatic heterocycles. The summed E-state index contributed by atoms with van der Waals surface area (Å²) in [6.07, 6.45) is 37.3. The van der Waals surface area contributed by atoms with Gasteiger partial charge >= 0.3 is 17.9 Å². The highest BCUT2D eigenvalue weighted by Crippen LogP contribution is 2.19. The Labute approximate surface area is 688 Å². The second kappa shape index (κ2) is 84.8. The number of carboxylic acid groups (broad SMARTS) is 3. The van der Waals surface area contributed by atoms with Gasteiger partial charge in [-0.05, 0) is 44.9 Å². The van der Waals surface area contributed by atoms with Gasteiger partial charge in [-0.2, -0.15) is 0 Å². The zero-order valence-electron chi connectivity index (χ0n) is 71.4. The minimum atomic E-state index is -1.07. The summed E-state index contributed by atoms with van der Waals surface area (Å²) in [7, 11) is 0. The number of nitrogens with two attached hydrogens (primary N) is 1. The van der Waals surface area contributed by atoms with Crippen molar-refractivity contribution < 1.29 is 120 Å². The predicted octanol–water partition coefficient (Wildman–Crippen LogP) is 12.0. The Balaban J connectivity index is 0. The molecule has 0 aromatic rings. The number of ether oxygens (including phenoxy) is 10. The van der Waals surface area contributed by atoms with Gasteiger partial charge in [-0.15, -0.1) is 0 Å². The first kappa shape index (κ1) is 111. The Bertz CT molecular complexity index is 2450. The number of hydrogen-bond donors (Lipinski definition) is 7. The van der Waals surface area contributed by atoms with Crippen molar-refractivity contribution in [1.82, 2.24) is 16.0 Å². The van der Waals surface area contributed by atoms with E-state index < -0.39 is 29.7 Å². The quantitative estimate of drug-likeness (QED) is 0.0278. The van der Waals surface area contributed by atoms with Crippen LogP contribution in [0.2, 0.25) is 0 Å². The molecule has 115 heavy (non-hydrogen) atoms. The fraction of sp³-hybridized carbons (Fsp3) is 0.860. The van der Waals surface area contributed by atoms with E-state index in [1.165, 1.54) is 109 Å². The first-order chi connectivity index (χ1) is 55.6. The molecule has 0 aliphatic heterocycles. The molecule has 29 nitrogen and oxygen atoms in total. The van der Waals surface area contributed by atoms with E-state index in [1.54, 1.807) is 0 Å². The molecule has 0 saturated heterocycles. The van der Waals surface area contributed by atoms with Crippen LogP contribution in [0, 0.1) is 23.7 Å². The number of nitrogens with one attached hydrogen (secondary N) is 3. The minimum absolute atomic E-state index is 0.00506. The van der Waals surface area contributed by atoms with Gasteiger partial charge in [0.2, 0.25) is 17.7 Å². The lowest BCUT2D eigenvalue weighted by Crippen LogP contribution is -2.38. The number of amides is 3. The number of carboxylic acids is 3. The van der Waals surface area contributed by atoms with Crippen LogP contribution in [0.4, 0.5) is 0 Å². The van der Waals surface area contributed by atoms with Crippen LogP contribution in [0.5, 0.6) is 0 Å². The van der Waals surface area contributed by atoms with Crippen LogP contribution in [0.25, 0.3) is 0 Å². The maximum Gasteiger partial charge on any atom is 0.306 e. The third-order valence-electron chi connectivity index (χ3n) is 18.9. The van der Waals surface area contributed by atoms with E-state index >= 15 is 0 Å². The molecular weight excluding hydrogens is 1490 g/mol. The zero-order chi connectivity index (χ0) is 85.1. The van der Waals surface area contributed by atoms with E-state index in [2.05, 4.69) is 16.0 Å². The Morgan fingerprint density at radius 3 is 0.861 bits per heavy atom. The molecule has 0 radical (unpaired) electrons. The standard InChI is InChI=1S/C48H86N2O15.C38H70N2O10/c1-40(2)44(53)38-64-34-32-62-29-26-50-46(55)39-65-35-30-60-27-19-21-43(52)37-63-33-31-61-28-25-49-45(54)24-23-41(48(58)59)36-42(51)20-17-15-13-11-9-7-5-3-4-6-8-10-12-14-16-18-22-47(56)57;1-32(2)36(43)31-50-27-24-47-22-17-19-35(42)30-49-26-25-48-23-21-40-38(46)33(29-39)28-34(41)18-15-13-11-9-7-5-3-4-6-8-10-12-14-16-20-37(44)45/h40-41H,3-39H2,1-2H3,(H,49,54)(H,50,55)(H,56,57)(H,58,59);32-33H,3-31,39H2,1-2H3,(H,40,46)(H,44,45)/t41-;33-/m10/s1. The molecule has 0 fully saturated rings. The van der Waals surface area contributed by atoms with Gasteiger partial charge in [0.05, 0.1) is 97.7 Å². The lowest BCUT2D eigenvalue weighted by molar-refractivity contribution is -0.144. The van der Waals surface area contributed by atoms with E-state index in [4.69, 9.17) is 63.3 Å². The number of carbonyl (C=O) groups excluding carboxylic acids is 9. The molecule has 2 atom stereocenters. The van der Waals surface area contributed by atoms with Crippen LogP contribution in [0.15, 0.2) is 0 Å². The molecular formula is C86H156N4O25. The van der Waals surface area contributed by atoms with Crippen LogP contribution in [0.1, 0.15) is 297 Å². The zero-order valence-corrected chi connectivity index (χ0v) is 71.4. The topological polar surface area (TPSA) is 420 Å². The third-order valence-corrected chi connectivity index (χ3v) is 18.9. The highest BCUT2D eigenvalue weighted by atomic mass is 16.5. The number of ketones is 6. The van der Waals surface area contributed by atoms with Crippen LogP contribution in [-0.4, -0.2) is 244 Å². The SMILES string of the molecule is CC(C)C(=O)COCCOCCCC(=O)COCCOCCNC(=O)[C@H](CN)CC(=O)CCCCCCCCCCCCCCCCC(=O)O.CC(C)C(=O)COCCOCCNC(=O)COCCOCCCC(=O)COCCOCCNC(=O)CC[C@H](CC(=O)CCCCCCCCCCCCCCCCCCC(=O)O)C(=O)O. The molecule has 0 unspecified atom stereocenters. The van der Waals surface area contributed by atoms with Crippen molar-refractivity contribution in [2.75, 3.05) is 158 Å². The van der Waals surface area contributed by atoms with Crippen molar-refractivity contribution in [1.29, 1.82) is 0 Å². The fourth-order valence-electron chi connectivity index (χ4n) is 11.7. The van der Waals surface area contributed by atoms with Crippen molar-refractivity contribution in [2.24, 2.45) is 29.4 Å². The molecule has 0 rings (SSSR count). The Morgan fingerprint density at radius 2 is 0.539 bits per heavy atom. The lowest BCUT2D eigenvalue weighted by Gasteiger charge is -2.14. The maximum atomic E-state index is 12.5. The molecule has 8 N–H and O–H groups in total. The summed E-state index contributed by atoms with van der Waals surface area (Å²) in [5.41, 5.74) is 5.78. The number of Topliss-reactive ketones (excluding diaryl/α,β-unsaturated/α-hetero) is 6. The lowest BCUT2D eigenvalue weighted by atomic mass is 9.94. The highest BCUT2D eigenvalue weighted by molar-refractivity contribution is 5.87. The summed E-state index contributed by atoms with van der Waals surface area (Å²) in [6, 6.07) is 0. The van der Waals surface area contributed by atoms with Gasteiger partial charge < -0.3 is 84.4 Å². The molecule has 0 aliphatic rings. The Morgan fingerprint density at radius 1 is 0.270 bits per heavy atom. The average Bonchev–Trinajstić information content (AvgIpc) is 0.944. The summed E-state index contributed by atoms with van der Waals surface area (Å²) < 4.78 is 53.5. The highest BCUT2D eigenvalue weighted by Gasteiger charge is 2.23. The molecule has 0 aliphatic carbocycles. The summed E-state index contributed by atoms with van der Waals surface area (Å²) >= 11 is 0. The molecule has 0 aromatic carbocycles. The number of aliphatic carboxylic acids is 3. The van der Waals surface area contributed by atoms with Crippen molar-refractivity contribution in [3.05, 3.63) is 0 Å². The molecule has 0 spiro atoms. The van der Waals surface area contributed by atoms with E-state index in [-0.39, 0.29) is 189 Å². The second-order valence-electron chi connectivity index (χ2n) is 30.2. The van der Waals surface area contributed by atoms with E-state index in [9.17, 15) is 62.6 Å². The summed E-state index contributed by atoms with van der Waals surface area (Å²) in [6.45, 7) is 12.9. The van der Waals surface area contributed by atoms with E-state index in [0.717, 1.165) is 83.5 Å². The van der Waals surface area contributed by atoms with Gasteiger partial charge in [0, 0.05) is 109 Å². The first-order valence-electron chi connectivity index (χ1n) is 43.7. The minimum Gasteiger partial charge on any atom is -0.481 e. The second-order valence-corrected chi connectivity index (χ2v) is 30.2. The van der Waals surface area contributed by atoms with Crippen LogP contribution in [-0.2, 0) is 105 Å². The molecule has 670 valence electrons. The van der Waals surface area contributed by atoms with Crippen molar-refractivity contribution in [3.8, 4) is 0 Å². The van der Waals surface area contributed by atoms with Crippen molar-refractivity contribution in [2.45, 2.75) is 297 Å². The summed E-state index contributed by atoms with van der Waals surface area (Å²) in [5.74, 6) is -4.77. The number of rotatable bonds is 90. The number of unbranched alkanes of at least 4 members (excludes halogenated alkanes) is 28. The van der Waals surface area contributed by atoms with Gasteiger partial charge in [-0.25, -0.2) is 0 Å². The van der Waals surface area contributed by atoms with E-state index in [0.29, 0.717) is 111 Å². The smallest absolute Gasteiger partial charge is 0.306 e. The van der Waals surface area contributed by atoms with Crippen molar-refractivity contribution in [3.63, 3.8) is 0 Å². The average molecular weight is 1650 g/mol. The van der Waals surface area contributed by atoms with Crippen LogP contribution < -0.4 is 21.7 Å².